The van der Waals surface area contributed by atoms with Crippen LogP contribution in [0.5, 0.6) is 0 Å². The van der Waals surface area contributed by atoms with E-state index < -0.39 is 0 Å². The smallest absolute Gasteiger partial charge is 0.287 e. The van der Waals surface area contributed by atoms with E-state index in [9.17, 15) is 14.7 Å². The monoisotopic (exact) mass is 278 g/mol. The number of nitrogens with zero attached hydrogens (tertiary/aromatic N) is 1. The minimum absolute atomic E-state index is 0.0252. The molecule has 3 rings (SSSR count). The van der Waals surface area contributed by atoms with E-state index in [1.165, 1.54) is 6.26 Å². The largest absolute Gasteiger partial charge is 0.459 e. The average molecular weight is 278 g/mol. The summed E-state index contributed by atoms with van der Waals surface area (Å²) in [4.78, 5) is 25.8. The molecule has 1 aromatic heterocycles. The van der Waals surface area contributed by atoms with Gasteiger partial charge in [0, 0.05) is 12.1 Å². The first kappa shape index (κ1) is 13.2. The molecular formula is C14H18N2O4. The lowest BCUT2D eigenvalue weighted by molar-refractivity contribution is -0.136. The Morgan fingerprint density at radius 3 is 2.65 bits per heavy atom. The topological polar surface area (TPSA) is 82.8 Å². The number of hydrogen-bond donors (Lipinski definition) is 2. The Balaban J connectivity index is 1.56. The Bertz CT molecular complexity index is 485. The first-order valence-electron chi connectivity index (χ1n) is 6.96. The number of amides is 2. The molecule has 3 heterocycles. The van der Waals surface area contributed by atoms with Crippen LogP contribution in [0.25, 0.3) is 0 Å². The van der Waals surface area contributed by atoms with Crippen LogP contribution >= 0.6 is 0 Å². The Hall–Kier alpha value is -1.82. The van der Waals surface area contributed by atoms with Crippen molar-refractivity contribution in [2.75, 3.05) is 6.54 Å². The zero-order valence-electron chi connectivity index (χ0n) is 11.1. The van der Waals surface area contributed by atoms with Gasteiger partial charge in [0.15, 0.2) is 5.76 Å². The Labute approximate surface area is 116 Å². The lowest BCUT2D eigenvalue weighted by Gasteiger charge is -2.37. The number of nitrogens with one attached hydrogen (secondary N) is 1. The SMILES string of the molecule is O=C(NCC(=O)N1C2CCC1CC(O)C2)c1ccco1. The lowest BCUT2D eigenvalue weighted by atomic mass is 10.00. The molecule has 2 unspecified atom stereocenters. The molecule has 2 bridgehead atoms. The molecule has 0 aromatic carbocycles. The number of furan rings is 1. The summed E-state index contributed by atoms with van der Waals surface area (Å²) in [6.07, 6.45) is 4.31. The minimum atomic E-state index is -0.382. The maximum absolute atomic E-state index is 12.2. The van der Waals surface area contributed by atoms with Gasteiger partial charge in [-0.15, -0.1) is 0 Å². The van der Waals surface area contributed by atoms with E-state index in [0.717, 1.165) is 12.8 Å². The van der Waals surface area contributed by atoms with Crippen LogP contribution in [-0.4, -0.2) is 46.6 Å². The Morgan fingerprint density at radius 2 is 2.05 bits per heavy atom. The van der Waals surface area contributed by atoms with E-state index in [0.29, 0.717) is 12.8 Å². The predicted molar refractivity (Wildman–Crippen MR) is 69.9 cm³/mol. The van der Waals surface area contributed by atoms with Gasteiger partial charge >= 0.3 is 0 Å². The zero-order chi connectivity index (χ0) is 14.1. The summed E-state index contributed by atoms with van der Waals surface area (Å²) >= 11 is 0. The number of rotatable bonds is 3. The van der Waals surface area contributed by atoms with Crippen molar-refractivity contribution in [2.45, 2.75) is 43.9 Å². The maximum atomic E-state index is 12.2. The van der Waals surface area contributed by atoms with Gasteiger partial charge in [0.1, 0.15) is 0 Å². The standard InChI is InChI=1S/C14H18N2O4/c17-11-6-9-3-4-10(7-11)16(9)13(18)8-15-14(19)12-2-1-5-20-12/h1-2,5,9-11,17H,3-4,6-8H2,(H,15,19). The van der Waals surface area contributed by atoms with Crippen LogP contribution < -0.4 is 5.32 Å². The molecule has 20 heavy (non-hydrogen) atoms. The lowest BCUT2D eigenvalue weighted by Crippen LogP contribution is -2.51. The highest BCUT2D eigenvalue weighted by Gasteiger charge is 2.42. The third-order valence-corrected chi connectivity index (χ3v) is 4.14. The molecule has 2 saturated heterocycles. The number of fused-ring (bicyclic) bond motifs is 2. The summed E-state index contributed by atoms with van der Waals surface area (Å²) in [5, 5.41) is 12.3. The van der Waals surface area contributed by atoms with Gasteiger partial charge in [0.25, 0.3) is 5.91 Å². The number of piperidine rings is 1. The second-order valence-electron chi connectivity index (χ2n) is 5.47. The fourth-order valence-corrected chi connectivity index (χ4v) is 3.30. The number of aliphatic hydroxyl groups excluding tert-OH is 1. The van der Waals surface area contributed by atoms with E-state index in [4.69, 9.17) is 4.42 Å². The summed E-state index contributed by atoms with van der Waals surface area (Å²) in [6.45, 7) is -0.0252. The van der Waals surface area contributed by atoms with Crippen LogP contribution in [0.4, 0.5) is 0 Å². The molecule has 6 nitrogen and oxygen atoms in total. The van der Waals surface area contributed by atoms with Crippen LogP contribution in [0.1, 0.15) is 36.2 Å². The van der Waals surface area contributed by atoms with E-state index >= 15 is 0 Å². The molecule has 2 amide bonds. The van der Waals surface area contributed by atoms with Crippen molar-refractivity contribution >= 4 is 11.8 Å². The van der Waals surface area contributed by atoms with Gasteiger partial charge in [-0.3, -0.25) is 9.59 Å². The molecular weight excluding hydrogens is 260 g/mol. The van der Waals surface area contributed by atoms with E-state index in [2.05, 4.69) is 5.32 Å². The second kappa shape index (κ2) is 5.28. The van der Waals surface area contributed by atoms with Crippen molar-refractivity contribution in [3.63, 3.8) is 0 Å². The minimum Gasteiger partial charge on any atom is -0.459 e. The third kappa shape index (κ3) is 2.43. The first-order chi connectivity index (χ1) is 9.65. The molecule has 0 radical (unpaired) electrons. The summed E-state index contributed by atoms with van der Waals surface area (Å²) < 4.78 is 4.97. The van der Waals surface area contributed by atoms with E-state index in [1.54, 1.807) is 12.1 Å². The van der Waals surface area contributed by atoms with Crippen LogP contribution in [-0.2, 0) is 4.79 Å². The molecule has 0 spiro atoms. The highest BCUT2D eigenvalue weighted by Crippen LogP contribution is 2.35. The molecule has 2 N–H and O–H groups in total. The number of aliphatic hydroxyl groups is 1. The second-order valence-corrected chi connectivity index (χ2v) is 5.47. The average Bonchev–Trinajstić information content (AvgIpc) is 3.03. The Morgan fingerprint density at radius 1 is 1.35 bits per heavy atom. The van der Waals surface area contributed by atoms with Crippen molar-refractivity contribution in [3.05, 3.63) is 24.2 Å². The molecule has 0 saturated carbocycles. The predicted octanol–water partition coefficient (Wildman–Crippen LogP) is 0.524. The van der Waals surface area contributed by atoms with Crippen LogP contribution in [0.3, 0.4) is 0 Å². The summed E-state index contributed by atoms with van der Waals surface area (Å²) in [7, 11) is 0. The maximum Gasteiger partial charge on any atom is 0.287 e. The molecule has 2 fully saturated rings. The quantitative estimate of drug-likeness (QED) is 0.844. The molecule has 2 atom stereocenters. The van der Waals surface area contributed by atoms with Crippen LogP contribution in [0, 0.1) is 0 Å². The van der Waals surface area contributed by atoms with Crippen LogP contribution in [0.2, 0.25) is 0 Å². The van der Waals surface area contributed by atoms with Gasteiger partial charge in [-0.1, -0.05) is 0 Å². The molecule has 108 valence electrons. The van der Waals surface area contributed by atoms with Gasteiger partial charge < -0.3 is 19.7 Å². The first-order valence-corrected chi connectivity index (χ1v) is 6.96. The van der Waals surface area contributed by atoms with Crippen molar-refractivity contribution in [1.29, 1.82) is 0 Å². The van der Waals surface area contributed by atoms with Crippen molar-refractivity contribution in [2.24, 2.45) is 0 Å². The van der Waals surface area contributed by atoms with Crippen LogP contribution in [0.15, 0.2) is 22.8 Å². The fraction of sp³-hybridized carbons (Fsp3) is 0.571. The number of carbonyl (C=O) groups excluding carboxylic acids is 2. The van der Waals surface area contributed by atoms with Crippen molar-refractivity contribution in [3.8, 4) is 0 Å². The summed E-state index contributed by atoms with van der Waals surface area (Å²) in [5.41, 5.74) is 0. The van der Waals surface area contributed by atoms with Gasteiger partial charge in [-0.25, -0.2) is 0 Å². The van der Waals surface area contributed by atoms with Crippen molar-refractivity contribution in [1.82, 2.24) is 10.2 Å². The van der Waals surface area contributed by atoms with Gasteiger partial charge in [-0.2, -0.15) is 0 Å². The molecule has 2 aliphatic heterocycles. The van der Waals surface area contributed by atoms with Gasteiger partial charge in [0.05, 0.1) is 18.9 Å². The fourth-order valence-electron chi connectivity index (χ4n) is 3.30. The highest BCUT2D eigenvalue weighted by atomic mass is 16.3. The van der Waals surface area contributed by atoms with E-state index in [1.807, 2.05) is 4.90 Å². The highest BCUT2D eigenvalue weighted by molar-refractivity contribution is 5.94. The van der Waals surface area contributed by atoms with Gasteiger partial charge in [-0.05, 0) is 37.8 Å². The summed E-state index contributed by atoms with van der Waals surface area (Å²) in [5.74, 6) is -0.258. The van der Waals surface area contributed by atoms with Crippen molar-refractivity contribution < 1.29 is 19.1 Å². The van der Waals surface area contributed by atoms with E-state index in [-0.39, 0.29) is 42.3 Å². The number of carbonyl (C=O) groups is 2. The molecule has 2 aliphatic rings. The summed E-state index contributed by atoms with van der Waals surface area (Å²) in [6, 6.07) is 3.43. The Kier molecular flexibility index (Phi) is 3.48. The molecule has 6 heteroatoms. The molecule has 1 aromatic rings. The zero-order valence-corrected chi connectivity index (χ0v) is 11.1. The normalized spacial score (nSPS) is 28.4. The third-order valence-electron chi connectivity index (χ3n) is 4.14. The number of hydrogen-bond acceptors (Lipinski definition) is 4. The van der Waals surface area contributed by atoms with Gasteiger partial charge in [0.2, 0.25) is 5.91 Å². The molecule has 0 aliphatic carbocycles.